The predicted molar refractivity (Wildman–Crippen MR) is 147 cm³/mol. The van der Waals surface area contributed by atoms with Crippen LogP contribution in [-0.2, 0) is 25.7 Å². The zero-order valence-corrected chi connectivity index (χ0v) is 23.1. The molecule has 3 amide bonds. The summed E-state index contributed by atoms with van der Waals surface area (Å²) < 4.78 is 6.88. The Morgan fingerprint density at radius 2 is 1.62 bits per heavy atom. The predicted octanol–water partition coefficient (Wildman–Crippen LogP) is 2.92. The highest BCUT2D eigenvalue weighted by atomic mass is 16.5. The molecule has 5 rings (SSSR count). The number of rotatable bonds is 10. The lowest BCUT2D eigenvalue weighted by atomic mass is 9.74. The van der Waals surface area contributed by atoms with Crippen molar-refractivity contribution >= 4 is 17.7 Å². The second-order valence-electron chi connectivity index (χ2n) is 11.5. The first kappa shape index (κ1) is 27.6. The van der Waals surface area contributed by atoms with E-state index in [1.54, 1.807) is 9.80 Å². The van der Waals surface area contributed by atoms with E-state index in [1.807, 2.05) is 66.5 Å². The van der Waals surface area contributed by atoms with Gasteiger partial charge in [0.15, 0.2) is 0 Å². The minimum absolute atomic E-state index is 0.0953. The van der Waals surface area contributed by atoms with Gasteiger partial charge in [-0.05, 0) is 38.2 Å². The van der Waals surface area contributed by atoms with Gasteiger partial charge in [-0.1, -0.05) is 68.0 Å². The van der Waals surface area contributed by atoms with Crippen LogP contribution in [0.1, 0.15) is 51.5 Å². The van der Waals surface area contributed by atoms with Crippen LogP contribution in [-0.4, -0.2) is 87.6 Å². The fraction of sp³-hybridized carbons (Fsp3) is 0.581. The number of ether oxygens (including phenoxy) is 1. The van der Waals surface area contributed by atoms with Crippen molar-refractivity contribution in [3.63, 3.8) is 0 Å². The molecule has 8 nitrogen and oxygen atoms in total. The standard InChI is InChI=1S/C31H41N3O5/c1-3-4-17-32-18-12-16-31-25(28(37)34(26(31)29(32)38)20-9-6-10-21-35)24-27(36)33(19-11-15-30(24,2)39-31)22-23-13-7-5-8-14-23/h5,7-8,11-16,24-26,35H,3-4,6,9-10,17-22H2,1-2H3/t24-,25-,26?,30+,31-/m0/s1. The Balaban J connectivity index is 1.53. The Morgan fingerprint density at radius 3 is 2.36 bits per heavy atom. The van der Waals surface area contributed by atoms with Crippen molar-refractivity contribution in [3.05, 3.63) is 60.2 Å². The number of likely N-dealkylation sites (tertiary alicyclic amines) is 1. The molecule has 1 aromatic rings. The van der Waals surface area contributed by atoms with Crippen LogP contribution in [0.15, 0.2) is 54.6 Å². The van der Waals surface area contributed by atoms with Crippen molar-refractivity contribution in [1.82, 2.24) is 14.7 Å². The van der Waals surface area contributed by atoms with Crippen LogP contribution >= 0.6 is 0 Å². The van der Waals surface area contributed by atoms with Gasteiger partial charge in [0.1, 0.15) is 11.6 Å². The molecular weight excluding hydrogens is 494 g/mol. The van der Waals surface area contributed by atoms with Crippen LogP contribution in [0.5, 0.6) is 0 Å². The number of nitrogens with zero attached hydrogens (tertiary/aromatic N) is 3. The fourth-order valence-electron chi connectivity index (χ4n) is 6.93. The smallest absolute Gasteiger partial charge is 0.249 e. The molecular formula is C31H41N3O5. The fourth-order valence-corrected chi connectivity index (χ4v) is 6.93. The third-order valence-corrected chi connectivity index (χ3v) is 8.78. The summed E-state index contributed by atoms with van der Waals surface area (Å²) in [5.41, 5.74) is -1.19. The van der Waals surface area contributed by atoms with Gasteiger partial charge < -0.3 is 24.5 Å². The molecule has 0 aliphatic carbocycles. The minimum Gasteiger partial charge on any atom is -0.396 e. The minimum atomic E-state index is -1.21. The zero-order valence-electron chi connectivity index (χ0n) is 23.1. The highest BCUT2D eigenvalue weighted by molar-refractivity contribution is 6.00. The van der Waals surface area contributed by atoms with E-state index >= 15 is 0 Å². The number of carbonyl (C=O) groups excluding carboxylic acids is 3. The maximum absolute atomic E-state index is 14.3. The number of hydrogen-bond donors (Lipinski definition) is 1. The lowest BCUT2D eigenvalue weighted by molar-refractivity contribution is -0.153. The number of unbranched alkanes of at least 4 members (excludes halogenated alkanes) is 3. The number of fused-ring (bicyclic) bond motifs is 2. The number of amides is 3. The molecule has 5 atom stereocenters. The van der Waals surface area contributed by atoms with Gasteiger partial charge in [-0.15, -0.1) is 0 Å². The van der Waals surface area contributed by atoms with Crippen molar-refractivity contribution in [1.29, 1.82) is 0 Å². The van der Waals surface area contributed by atoms with Crippen molar-refractivity contribution in [2.75, 3.05) is 32.8 Å². The highest BCUT2D eigenvalue weighted by Crippen LogP contribution is 2.57. The number of carbonyl (C=O) groups is 3. The Kier molecular flexibility index (Phi) is 7.96. The summed E-state index contributed by atoms with van der Waals surface area (Å²) in [6, 6.07) is 9.04. The van der Waals surface area contributed by atoms with Crippen LogP contribution in [0.3, 0.4) is 0 Å². The molecule has 0 radical (unpaired) electrons. The molecule has 1 unspecified atom stereocenters. The Hall–Kier alpha value is -2.97. The van der Waals surface area contributed by atoms with E-state index in [2.05, 4.69) is 6.92 Å². The third kappa shape index (κ3) is 4.82. The SMILES string of the molecule is CCCCN1CC=C[C@]23O[C@]4(C)C=CCN(Cc5ccccc5)C(=O)[C@@H]4[C@H]2C(=O)N(CCCCCO)C3C1=O. The van der Waals surface area contributed by atoms with Gasteiger partial charge in [0.2, 0.25) is 17.7 Å². The van der Waals surface area contributed by atoms with Crippen LogP contribution in [0.25, 0.3) is 0 Å². The number of hydrogen-bond acceptors (Lipinski definition) is 5. The molecule has 4 aliphatic heterocycles. The molecule has 0 aromatic heterocycles. The molecule has 0 bridgehead atoms. The first-order valence-corrected chi connectivity index (χ1v) is 14.4. The maximum atomic E-state index is 14.3. The summed E-state index contributed by atoms with van der Waals surface area (Å²) in [6.45, 7) is 6.43. The normalized spacial score (nSPS) is 31.8. The van der Waals surface area contributed by atoms with Crippen LogP contribution in [0.2, 0.25) is 0 Å². The van der Waals surface area contributed by atoms with Crippen LogP contribution in [0.4, 0.5) is 0 Å². The van der Waals surface area contributed by atoms with E-state index in [-0.39, 0.29) is 24.3 Å². The first-order chi connectivity index (χ1) is 18.9. The molecule has 1 aromatic carbocycles. The Labute approximate surface area is 231 Å². The van der Waals surface area contributed by atoms with Gasteiger partial charge in [-0.25, -0.2) is 0 Å². The van der Waals surface area contributed by atoms with Crippen molar-refractivity contribution in [2.24, 2.45) is 11.8 Å². The lowest BCUT2D eigenvalue weighted by Crippen LogP contribution is -2.56. The summed E-state index contributed by atoms with van der Waals surface area (Å²) in [5, 5.41) is 9.25. The van der Waals surface area contributed by atoms with E-state index in [4.69, 9.17) is 4.74 Å². The average molecular weight is 536 g/mol. The quantitative estimate of drug-likeness (QED) is 0.368. The summed E-state index contributed by atoms with van der Waals surface area (Å²) in [6.07, 6.45) is 11.7. The maximum Gasteiger partial charge on any atom is 0.249 e. The molecule has 8 heteroatoms. The van der Waals surface area contributed by atoms with Gasteiger partial charge in [0.05, 0.1) is 17.4 Å². The van der Waals surface area contributed by atoms with E-state index in [0.29, 0.717) is 45.6 Å². The summed E-state index contributed by atoms with van der Waals surface area (Å²) in [5.74, 6) is -1.93. The molecule has 2 saturated heterocycles. The lowest BCUT2D eigenvalue weighted by Gasteiger charge is -2.37. The van der Waals surface area contributed by atoms with Crippen molar-refractivity contribution in [2.45, 2.75) is 69.7 Å². The van der Waals surface area contributed by atoms with Crippen LogP contribution < -0.4 is 0 Å². The zero-order chi connectivity index (χ0) is 27.6. The second kappa shape index (κ2) is 11.3. The second-order valence-corrected chi connectivity index (χ2v) is 11.5. The summed E-state index contributed by atoms with van der Waals surface area (Å²) in [7, 11) is 0. The molecule has 210 valence electrons. The largest absolute Gasteiger partial charge is 0.396 e. The van der Waals surface area contributed by atoms with E-state index in [0.717, 1.165) is 24.8 Å². The Bertz CT molecular complexity index is 1140. The van der Waals surface area contributed by atoms with Crippen molar-refractivity contribution < 1.29 is 24.2 Å². The van der Waals surface area contributed by atoms with Crippen LogP contribution in [0, 0.1) is 11.8 Å². The molecule has 4 heterocycles. The van der Waals surface area contributed by atoms with Crippen molar-refractivity contribution in [3.8, 4) is 0 Å². The average Bonchev–Trinajstić information content (AvgIpc) is 3.20. The number of aliphatic hydroxyl groups excluding tert-OH is 1. The monoisotopic (exact) mass is 535 g/mol. The first-order valence-electron chi connectivity index (χ1n) is 14.4. The molecule has 0 saturated carbocycles. The highest BCUT2D eigenvalue weighted by Gasteiger charge is 2.74. The molecule has 4 aliphatic rings. The van der Waals surface area contributed by atoms with Gasteiger partial charge >= 0.3 is 0 Å². The Morgan fingerprint density at radius 1 is 0.872 bits per heavy atom. The van der Waals surface area contributed by atoms with Gasteiger partial charge in [-0.3, -0.25) is 14.4 Å². The summed E-state index contributed by atoms with van der Waals surface area (Å²) >= 11 is 0. The molecule has 39 heavy (non-hydrogen) atoms. The molecule has 1 spiro atoms. The van der Waals surface area contributed by atoms with E-state index < -0.39 is 29.1 Å². The summed E-state index contributed by atoms with van der Waals surface area (Å²) in [4.78, 5) is 48.0. The number of aliphatic hydroxyl groups is 1. The van der Waals surface area contributed by atoms with E-state index in [1.165, 1.54) is 0 Å². The van der Waals surface area contributed by atoms with Gasteiger partial charge in [0, 0.05) is 39.3 Å². The molecule has 2 fully saturated rings. The topological polar surface area (TPSA) is 90.4 Å². The third-order valence-electron chi connectivity index (χ3n) is 8.78. The molecule has 1 N–H and O–H groups in total. The van der Waals surface area contributed by atoms with Gasteiger partial charge in [-0.2, -0.15) is 0 Å². The number of benzene rings is 1. The van der Waals surface area contributed by atoms with E-state index in [9.17, 15) is 19.5 Å². The van der Waals surface area contributed by atoms with Gasteiger partial charge in [0.25, 0.3) is 0 Å².